The van der Waals surface area contributed by atoms with E-state index in [1.165, 1.54) is 11.3 Å². The summed E-state index contributed by atoms with van der Waals surface area (Å²) >= 11 is 0. The average molecular weight is 176 g/mol. The Labute approximate surface area is 79.6 Å². The van der Waals surface area contributed by atoms with Crippen LogP contribution in [0.15, 0.2) is 24.3 Å². The van der Waals surface area contributed by atoms with Gasteiger partial charge in [-0.1, -0.05) is 18.2 Å². The summed E-state index contributed by atoms with van der Waals surface area (Å²) in [6.45, 7) is 1.11. The Hall–Kier alpha value is -1.02. The molecule has 0 radical (unpaired) electrons. The van der Waals surface area contributed by atoms with E-state index < -0.39 is 0 Å². The number of anilines is 1. The third-order valence-corrected chi connectivity index (χ3v) is 2.43. The minimum atomic E-state index is 0.590. The number of para-hydroxylation sites is 1. The van der Waals surface area contributed by atoms with Crippen LogP contribution >= 0.6 is 0 Å². The van der Waals surface area contributed by atoms with E-state index in [1.54, 1.807) is 0 Å². The van der Waals surface area contributed by atoms with Crippen molar-refractivity contribution in [2.24, 2.45) is 0 Å². The Morgan fingerprint density at radius 3 is 2.85 bits per heavy atom. The van der Waals surface area contributed by atoms with Gasteiger partial charge in [-0.15, -0.1) is 0 Å². The van der Waals surface area contributed by atoms with Crippen LogP contribution in [-0.2, 0) is 6.42 Å². The van der Waals surface area contributed by atoms with Crippen molar-refractivity contribution in [2.75, 3.05) is 26.0 Å². The molecule has 1 N–H and O–H groups in total. The summed E-state index contributed by atoms with van der Waals surface area (Å²) in [5, 5.41) is 3.52. The van der Waals surface area contributed by atoms with Crippen LogP contribution in [0.2, 0.25) is 0 Å². The molecule has 0 spiro atoms. The van der Waals surface area contributed by atoms with E-state index in [4.69, 9.17) is 0 Å². The van der Waals surface area contributed by atoms with Gasteiger partial charge in [0.1, 0.15) is 0 Å². The number of nitrogens with zero attached hydrogens (tertiary/aromatic N) is 1. The monoisotopic (exact) mass is 176 g/mol. The van der Waals surface area contributed by atoms with Crippen molar-refractivity contribution in [1.82, 2.24) is 4.90 Å². The molecule has 1 aliphatic heterocycles. The molecule has 13 heavy (non-hydrogen) atoms. The zero-order valence-electron chi connectivity index (χ0n) is 8.25. The molecule has 1 aromatic carbocycles. The lowest BCUT2D eigenvalue weighted by atomic mass is 10.1. The molecule has 1 aliphatic rings. The molecule has 0 aromatic heterocycles. The molecule has 0 saturated carbocycles. The molecular formula is C11H16N2. The van der Waals surface area contributed by atoms with E-state index in [0.717, 1.165) is 13.0 Å². The number of fused-ring (bicyclic) bond motifs is 1. The lowest BCUT2D eigenvalue weighted by Crippen LogP contribution is -2.30. The molecule has 70 valence electrons. The van der Waals surface area contributed by atoms with Gasteiger partial charge in [0.15, 0.2) is 0 Å². The van der Waals surface area contributed by atoms with Crippen LogP contribution < -0.4 is 5.32 Å². The van der Waals surface area contributed by atoms with E-state index in [9.17, 15) is 0 Å². The summed E-state index contributed by atoms with van der Waals surface area (Å²) in [5.74, 6) is 0. The van der Waals surface area contributed by atoms with Gasteiger partial charge >= 0.3 is 0 Å². The minimum Gasteiger partial charge on any atom is -0.380 e. The van der Waals surface area contributed by atoms with E-state index in [2.05, 4.69) is 48.6 Å². The Balaban J connectivity index is 2.05. The summed E-state index contributed by atoms with van der Waals surface area (Å²) < 4.78 is 0. The molecule has 0 bridgehead atoms. The van der Waals surface area contributed by atoms with Crippen molar-refractivity contribution in [3.8, 4) is 0 Å². The predicted molar refractivity (Wildman–Crippen MR) is 56.1 cm³/mol. The maximum atomic E-state index is 3.52. The molecule has 0 fully saturated rings. The largest absolute Gasteiger partial charge is 0.380 e. The van der Waals surface area contributed by atoms with Crippen molar-refractivity contribution >= 4 is 5.69 Å². The van der Waals surface area contributed by atoms with Crippen molar-refractivity contribution in [3.05, 3.63) is 29.8 Å². The third kappa shape index (κ3) is 1.83. The Kier molecular flexibility index (Phi) is 2.23. The van der Waals surface area contributed by atoms with E-state index in [1.807, 2.05) is 0 Å². The van der Waals surface area contributed by atoms with Gasteiger partial charge in [-0.3, -0.25) is 0 Å². The van der Waals surface area contributed by atoms with Gasteiger partial charge in [-0.25, -0.2) is 0 Å². The van der Waals surface area contributed by atoms with Crippen LogP contribution in [0.3, 0.4) is 0 Å². The first-order valence-corrected chi connectivity index (χ1v) is 4.75. The quantitative estimate of drug-likeness (QED) is 0.736. The van der Waals surface area contributed by atoms with E-state index in [-0.39, 0.29) is 0 Å². The number of likely N-dealkylation sites (N-methyl/N-ethyl adjacent to an activating group) is 1. The fourth-order valence-electron chi connectivity index (χ4n) is 1.93. The molecule has 2 heteroatoms. The fourth-order valence-corrected chi connectivity index (χ4v) is 1.93. The molecule has 0 unspecified atom stereocenters. The Morgan fingerprint density at radius 1 is 1.38 bits per heavy atom. The first kappa shape index (κ1) is 8.57. The van der Waals surface area contributed by atoms with Crippen LogP contribution in [0.5, 0.6) is 0 Å². The first-order valence-electron chi connectivity index (χ1n) is 4.75. The highest BCUT2D eigenvalue weighted by molar-refractivity contribution is 5.56. The summed E-state index contributed by atoms with van der Waals surface area (Å²) in [6, 6.07) is 9.15. The summed E-state index contributed by atoms with van der Waals surface area (Å²) in [6.07, 6.45) is 1.16. The van der Waals surface area contributed by atoms with Gasteiger partial charge in [0.05, 0.1) is 0 Å². The van der Waals surface area contributed by atoms with Crippen LogP contribution in [0.25, 0.3) is 0 Å². The average Bonchev–Trinajstić information content (AvgIpc) is 2.44. The third-order valence-electron chi connectivity index (χ3n) is 2.43. The van der Waals surface area contributed by atoms with Crippen LogP contribution in [0.4, 0.5) is 5.69 Å². The van der Waals surface area contributed by atoms with Gasteiger partial charge < -0.3 is 10.2 Å². The Bertz CT molecular complexity index is 269. The molecule has 1 aromatic rings. The van der Waals surface area contributed by atoms with Crippen LogP contribution in [-0.4, -0.2) is 31.6 Å². The molecule has 1 heterocycles. The van der Waals surface area contributed by atoms with Gasteiger partial charge in [-0.2, -0.15) is 0 Å². The number of hydrogen-bond acceptors (Lipinski definition) is 2. The summed E-state index contributed by atoms with van der Waals surface area (Å²) in [4.78, 5) is 2.23. The maximum Gasteiger partial charge on any atom is 0.0429 e. The second-order valence-corrected chi connectivity index (χ2v) is 3.96. The summed E-state index contributed by atoms with van der Waals surface area (Å²) in [5.41, 5.74) is 2.77. The molecule has 0 aliphatic carbocycles. The highest BCUT2D eigenvalue weighted by atomic mass is 15.1. The van der Waals surface area contributed by atoms with Gasteiger partial charge in [0, 0.05) is 18.3 Å². The summed E-state index contributed by atoms with van der Waals surface area (Å²) in [7, 11) is 4.23. The van der Waals surface area contributed by atoms with Crippen molar-refractivity contribution < 1.29 is 0 Å². The maximum absolute atomic E-state index is 3.52. The lowest BCUT2D eigenvalue weighted by Gasteiger charge is -2.16. The highest BCUT2D eigenvalue weighted by Gasteiger charge is 2.19. The molecule has 1 atom stereocenters. The van der Waals surface area contributed by atoms with Crippen LogP contribution in [0.1, 0.15) is 5.56 Å². The second-order valence-electron chi connectivity index (χ2n) is 3.96. The van der Waals surface area contributed by atoms with Crippen molar-refractivity contribution in [1.29, 1.82) is 0 Å². The standard InChI is InChI=1S/C11H16N2/c1-13(2)8-10-7-9-5-3-4-6-11(9)12-10/h3-6,10,12H,7-8H2,1-2H3/t10-/m1/s1. The zero-order chi connectivity index (χ0) is 9.26. The fraction of sp³-hybridized carbons (Fsp3) is 0.455. The molecule has 0 saturated heterocycles. The lowest BCUT2D eigenvalue weighted by molar-refractivity contribution is 0.386. The van der Waals surface area contributed by atoms with Crippen LogP contribution in [0, 0.1) is 0 Å². The SMILES string of the molecule is CN(C)C[C@H]1Cc2ccccc2N1. The van der Waals surface area contributed by atoms with Gasteiger partial charge in [0.2, 0.25) is 0 Å². The molecular weight excluding hydrogens is 160 g/mol. The molecule has 0 amide bonds. The second kappa shape index (κ2) is 3.38. The number of benzene rings is 1. The Morgan fingerprint density at radius 2 is 2.15 bits per heavy atom. The molecule has 2 nitrogen and oxygen atoms in total. The highest BCUT2D eigenvalue weighted by Crippen LogP contribution is 2.24. The van der Waals surface area contributed by atoms with E-state index >= 15 is 0 Å². The smallest absolute Gasteiger partial charge is 0.0429 e. The number of rotatable bonds is 2. The van der Waals surface area contributed by atoms with Gasteiger partial charge in [0.25, 0.3) is 0 Å². The number of hydrogen-bond donors (Lipinski definition) is 1. The minimum absolute atomic E-state index is 0.590. The normalized spacial score (nSPS) is 20.1. The topological polar surface area (TPSA) is 15.3 Å². The van der Waals surface area contributed by atoms with E-state index in [0.29, 0.717) is 6.04 Å². The number of nitrogens with one attached hydrogen (secondary N) is 1. The predicted octanol–water partition coefficient (Wildman–Crippen LogP) is 1.58. The zero-order valence-corrected chi connectivity index (χ0v) is 8.25. The first-order chi connectivity index (χ1) is 6.25. The van der Waals surface area contributed by atoms with Crippen molar-refractivity contribution in [3.63, 3.8) is 0 Å². The van der Waals surface area contributed by atoms with Gasteiger partial charge in [-0.05, 0) is 32.1 Å². The molecule has 2 rings (SSSR count). The van der Waals surface area contributed by atoms with Crippen molar-refractivity contribution in [2.45, 2.75) is 12.5 Å².